The van der Waals surface area contributed by atoms with E-state index in [4.69, 9.17) is 4.42 Å². The minimum atomic E-state index is -0.556. The first kappa shape index (κ1) is 41.5. The molecule has 2 bridgehead atoms. The van der Waals surface area contributed by atoms with Crippen molar-refractivity contribution in [3.05, 3.63) is 257 Å². The van der Waals surface area contributed by atoms with Crippen molar-refractivity contribution in [1.82, 2.24) is 0 Å². The van der Waals surface area contributed by atoms with E-state index < -0.39 is 5.41 Å². The first-order valence-corrected chi connectivity index (χ1v) is 25.8. The molecule has 1 spiro atoms. The average molecular weight is 904 g/mol. The van der Waals surface area contributed by atoms with E-state index in [-0.39, 0.29) is 10.8 Å². The van der Waals surface area contributed by atoms with Gasteiger partial charge in [-0.15, -0.1) is 0 Å². The number of fused-ring (bicyclic) bond motifs is 8. The van der Waals surface area contributed by atoms with Gasteiger partial charge in [0.1, 0.15) is 11.2 Å². The van der Waals surface area contributed by atoms with Crippen LogP contribution in [0.25, 0.3) is 44.2 Å². The lowest BCUT2D eigenvalue weighted by molar-refractivity contribution is 0.0494. The van der Waals surface area contributed by atoms with Crippen LogP contribution >= 0.6 is 0 Å². The van der Waals surface area contributed by atoms with Gasteiger partial charge < -0.3 is 9.32 Å². The quantitative estimate of drug-likeness (QED) is 0.165. The smallest absolute Gasteiger partial charge is 0.136 e. The minimum Gasteiger partial charge on any atom is -0.456 e. The summed E-state index contributed by atoms with van der Waals surface area (Å²) in [5.74, 6) is 1.88. The molecule has 1 heterocycles. The monoisotopic (exact) mass is 903 g/mol. The molecule has 0 aliphatic heterocycles. The maximum Gasteiger partial charge on any atom is 0.136 e. The molecule has 2 nitrogen and oxygen atoms in total. The molecule has 340 valence electrons. The Bertz CT molecular complexity index is 3600. The number of anilines is 3. The molecule has 70 heavy (non-hydrogen) atoms. The molecule has 10 aromatic rings. The van der Waals surface area contributed by atoms with Crippen molar-refractivity contribution in [3.63, 3.8) is 0 Å². The van der Waals surface area contributed by atoms with Gasteiger partial charge >= 0.3 is 0 Å². The van der Waals surface area contributed by atoms with Crippen molar-refractivity contribution in [2.24, 2.45) is 17.8 Å². The topological polar surface area (TPSA) is 16.4 Å². The number of rotatable bonds is 6. The molecule has 14 rings (SSSR count). The van der Waals surface area contributed by atoms with Crippen LogP contribution in [0.1, 0.15) is 97.4 Å². The van der Waals surface area contributed by atoms with Gasteiger partial charge in [-0.3, -0.25) is 0 Å². The lowest BCUT2D eigenvalue weighted by Gasteiger charge is -2.61. The third-order valence-electron chi connectivity index (χ3n) is 17.7. The average Bonchev–Trinajstić information content (AvgIpc) is 3.89. The highest BCUT2D eigenvalue weighted by atomic mass is 16.3. The van der Waals surface area contributed by atoms with E-state index in [9.17, 15) is 0 Å². The molecule has 4 aliphatic carbocycles. The third-order valence-corrected chi connectivity index (χ3v) is 17.7. The highest BCUT2D eigenvalue weighted by Gasteiger charge is 2.60. The van der Waals surface area contributed by atoms with Crippen molar-refractivity contribution in [2.75, 3.05) is 4.90 Å². The number of nitrogens with zero attached hydrogens (tertiary/aromatic N) is 1. The largest absolute Gasteiger partial charge is 0.456 e. The Labute approximate surface area is 412 Å². The van der Waals surface area contributed by atoms with E-state index in [0.29, 0.717) is 11.8 Å². The third kappa shape index (κ3) is 5.80. The highest BCUT2D eigenvalue weighted by molar-refractivity contribution is 6.06. The van der Waals surface area contributed by atoms with Crippen LogP contribution < -0.4 is 4.90 Å². The SMILES string of the molecule is CC1C[C@H]2CCC[C@@H](C1)C21c2ccccc2C(c2ccccc2)(c2ccccc2)c2cc(N(c3ccc(-c4ccc5c(c4)oc4ccccc45)cc3)c3ccc4c(c3)C(C)(C)c3ccccc3-4)ccc21. The minimum absolute atomic E-state index is 0.0704. The summed E-state index contributed by atoms with van der Waals surface area (Å²) in [6, 6.07) is 80.8. The van der Waals surface area contributed by atoms with Crippen LogP contribution in [0.4, 0.5) is 17.1 Å². The molecule has 4 atom stereocenters. The summed E-state index contributed by atoms with van der Waals surface area (Å²) >= 11 is 0. The molecular formula is C68H57NO. The second-order valence-corrected chi connectivity index (χ2v) is 21.6. The van der Waals surface area contributed by atoms with Gasteiger partial charge in [0.25, 0.3) is 0 Å². The normalized spacial score (nSPS) is 21.2. The van der Waals surface area contributed by atoms with E-state index in [2.05, 4.69) is 232 Å². The van der Waals surface area contributed by atoms with Gasteiger partial charge in [-0.2, -0.15) is 0 Å². The number of hydrogen-bond acceptors (Lipinski definition) is 2. The molecule has 2 saturated carbocycles. The molecule has 2 heteroatoms. The number of hydrogen-bond donors (Lipinski definition) is 0. The highest BCUT2D eigenvalue weighted by Crippen LogP contribution is 2.67. The van der Waals surface area contributed by atoms with Crippen LogP contribution in [0.2, 0.25) is 0 Å². The lowest BCUT2D eigenvalue weighted by Crippen LogP contribution is -2.55. The fraction of sp³-hybridized carbons (Fsp3) is 0.206. The Morgan fingerprint density at radius 3 is 1.70 bits per heavy atom. The summed E-state index contributed by atoms with van der Waals surface area (Å²) in [5, 5.41) is 2.30. The maximum atomic E-state index is 6.38. The molecule has 2 unspecified atom stereocenters. The van der Waals surface area contributed by atoms with E-state index in [1.54, 1.807) is 5.56 Å². The molecule has 0 radical (unpaired) electrons. The van der Waals surface area contributed by atoms with Crippen LogP contribution in [0, 0.1) is 17.8 Å². The Morgan fingerprint density at radius 1 is 0.429 bits per heavy atom. The summed E-state index contributed by atoms with van der Waals surface area (Å²) < 4.78 is 6.38. The molecule has 0 N–H and O–H groups in total. The van der Waals surface area contributed by atoms with Crippen LogP contribution in [-0.2, 0) is 16.2 Å². The van der Waals surface area contributed by atoms with Gasteiger partial charge in [0.2, 0.25) is 0 Å². The Morgan fingerprint density at radius 2 is 0.971 bits per heavy atom. The standard InChI is InChI=1S/C68H57NO/c1-44-39-49-21-16-22-50(40-44)68(49)60-27-14-13-26-59(60)67(47-17-6-4-7-18-47,48-19-8-5-9-20-48)63-43-53(35-38-61(63)68)69(52-34-37-55-54-23-10-12-25-58(54)66(2,3)62(55)42-52)51-32-29-45(30-33-51)46-31-36-57-56-24-11-15-28-64(56)70-65(57)41-46/h4-15,17-20,23-38,41-44,49-50H,16,21-22,39-40H2,1-3H3/t44?,49-,50+,68?. The summed E-state index contributed by atoms with van der Waals surface area (Å²) in [7, 11) is 0. The molecule has 1 aromatic heterocycles. The fourth-order valence-corrected chi connectivity index (χ4v) is 14.9. The summed E-state index contributed by atoms with van der Waals surface area (Å²) in [6.45, 7) is 7.31. The number of para-hydroxylation sites is 1. The predicted octanol–water partition coefficient (Wildman–Crippen LogP) is 17.9. The predicted molar refractivity (Wildman–Crippen MR) is 290 cm³/mol. The summed E-state index contributed by atoms with van der Waals surface area (Å²) in [6.07, 6.45) is 6.40. The maximum absolute atomic E-state index is 6.38. The van der Waals surface area contributed by atoms with E-state index in [1.165, 1.54) is 87.9 Å². The van der Waals surface area contributed by atoms with Gasteiger partial charge in [-0.1, -0.05) is 185 Å². The van der Waals surface area contributed by atoms with Gasteiger partial charge in [0.15, 0.2) is 0 Å². The van der Waals surface area contributed by atoms with Gasteiger partial charge in [-0.05, 0) is 165 Å². The molecular weight excluding hydrogens is 847 g/mol. The number of benzene rings is 9. The zero-order valence-corrected chi connectivity index (χ0v) is 40.3. The zero-order chi connectivity index (χ0) is 46.8. The van der Waals surface area contributed by atoms with Crippen LogP contribution in [0.3, 0.4) is 0 Å². The lowest BCUT2D eigenvalue weighted by atomic mass is 9.42. The Hall–Kier alpha value is -7.42. The second kappa shape index (κ2) is 15.5. The first-order chi connectivity index (χ1) is 34.3. The van der Waals surface area contributed by atoms with Crippen molar-refractivity contribution in [2.45, 2.75) is 69.1 Å². The second-order valence-electron chi connectivity index (χ2n) is 21.6. The van der Waals surface area contributed by atoms with Crippen LogP contribution in [0.15, 0.2) is 217 Å². The van der Waals surface area contributed by atoms with Crippen molar-refractivity contribution < 1.29 is 4.42 Å². The summed E-state index contributed by atoms with van der Waals surface area (Å²) in [5.41, 5.74) is 20.8. The Balaban J connectivity index is 1.02. The summed E-state index contributed by atoms with van der Waals surface area (Å²) in [4.78, 5) is 2.55. The van der Waals surface area contributed by atoms with Crippen molar-refractivity contribution in [1.29, 1.82) is 0 Å². The van der Waals surface area contributed by atoms with E-state index >= 15 is 0 Å². The van der Waals surface area contributed by atoms with E-state index in [0.717, 1.165) is 50.4 Å². The first-order valence-electron chi connectivity index (χ1n) is 25.8. The molecule has 2 fully saturated rings. The Kier molecular flexibility index (Phi) is 9.22. The molecule has 9 aromatic carbocycles. The van der Waals surface area contributed by atoms with Gasteiger partial charge in [-0.25, -0.2) is 0 Å². The molecule has 4 aliphatic rings. The molecule has 0 saturated heterocycles. The van der Waals surface area contributed by atoms with Gasteiger partial charge in [0.05, 0.1) is 5.41 Å². The molecule has 0 amide bonds. The van der Waals surface area contributed by atoms with Crippen molar-refractivity contribution in [3.8, 4) is 22.3 Å². The van der Waals surface area contributed by atoms with Crippen LogP contribution in [-0.4, -0.2) is 0 Å². The number of furan rings is 1. The van der Waals surface area contributed by atoms with E-state index in [1.807, 2.05) is 6.07 Å². The van der Waals surface area contributed by atoms with Gasteiger partial charge in [0, 0.05) is 38.7 Å². The van der Waals surface area contributed by atoms with Crippen molar-refractivity contribution >= 4 is 39.0 Å². The zero-order valence-electron chi connectivity index (χ0n) is 40.3. The van der Waals surface area contributed by atoms with Crippen LogP contribution in [0.5, 0.6) is 0 Å². The fourth-order valence-electron chi connectivity index (χ4n) is 14.9.